The SMILES string of the molecule is O=C(NC1CCC1)c1ccc(Cl)nc1. The van der Waals surface area contributed by atoms with Crippen molar-refractivity contribution in [1.82, 2.24) is 10.3 Å². The first kappa shape index (κ1) is 9.46. The van der Waals surface area contributed by atoms with Gasteiger partial charge >= 0.3 is 0 Å². The molecule has 1 aromatic heterocycles. The molecule has 0 unspecified atom stereocenters. The van der Waals surface area contributed by atoms with Crippen LogP contribution in [-0.2, 0) is 0 Å². The van der Waals surface area contributed by atoms with Gasteiger partial charge in [0.25, 0.3) is 5.91 Å². The fourth-order valence-electron chi connectivity index (χ4n) is 1.33. The molecule has 2 rings (SSSR count). The maximum absolute atomic E-state index is 11.6. The molecule has 1 fully saturated rings. The van der Waals surface area contributed by atoms with E-state index in [1.54, 1.807) is 12.1 Å². The zero-order valence-electron chi connectivity index (χ0n) is 7.66. The maximum Gasteiger partial charge on any atom is 0.253 e. The molecule has 0 aromatic carbocycles. The smallest absolute Gasteiger partial charge is 0.253 e. The second-order valence-corrected chi connectivity index (χ2v) is 3.86. The lowest BCUT2D eigenvalue weighted by Crippen LogP contribution is -2.39. The Bertz CT molecular complexity index is 332. The quantitative estimate of drug-likeness (QED) is 0.759. The van der Waals surface area contributed by atoms with Gasteiger partial charge in [-0.1, -0.05) is 11.6 Å². The first-order valence-electron chi connectivity index (χ1n) is 4.68. The lowest BCUT2D eigenvalue weighted by Gasteiger charge is -2.26. The second kappa shape index (κ2) is 3.96. The van der Waals surface area contributed by atoms with Crippen LogP contribution in [-0.4, -0.2) is 16.9 Å². The van der Waals surface area contributed by atoms with Crippen LogP contribution in [0.15, 0.2) is 18.3 Å². The van der Waals surface area contributed by atoms with Crippen LogP contribution >= 0.6 is 11.6 Å². The van der Waals surface area contributed by atoms with E-state index in [4.69, 9.17) is 11.6 Å². The van der Waals surface area contributed by atoms with Gasteiger partial charge in [0, 0.05) is 12.2 Å². The van der Waals surface area contributed by atoms with Crippen LogP contribution in [0.2, 0.25) is 5.15 Å². The van der Waals surface area contributed by atoms with Crippen LogP contribution in [0.1, 0.15) is 29.6 Å². The summed E-state index contributed by atoms with van der Waals surface area (Å²) in [4.78, 5) is 15.4. The Morgan fingerprint density at radius 2 is 2.29 bits per heavy atom. The van der Waals surface area contributed by atoms with Gasteiger partial charge in [-0.25, -0.2) is 4.98 Å². The number of pyridine rings is 1. The first-order chi connectivity index (χ1) is 6.75. The van der Waals surface area contributed by atoms with Crippen molar-refractivity contribution in [3.05, 3.63) is 29.0 Å². The van der Waals surface area contributed by atoms with Crippen molar-refractivity contribution in [2.45, 2.75) is 25.3 Å². The van der Waals surface area contributed by atoms with E-state index in [0.29, 0.717) is 16.8 Å². The standard InChI is InChI=1S/C10H11ClN2O/c11-9-5-4-7(6-12-9)10(14)13-8-2-1-3-8/h4-6,8H,1-3H2,(H,13,14). The number of amides is 1. The number of carbonyl (C=O) groups excluding carboxylic acids is 1. The molecule has 0 spiro atoms. The Morgan fingerprint density at radius 1 is 1.50 bits per heavy atom. The Hall–Kier alpha value is -1.09. The van der Waals surface area contributed by atoms with Crippen LogP contribution in [0.5, 0.6) is 0 Å². The average Bonchev–Trinajstić information content (AvgIpc) is 2.12. The van der Waals surface area contributed by atoms with E-state index in [1.165, 1.54) is 12.6 Å². The summed E-state index contributed by atoms with van der Waals surface area (Å²) in [6, 6.07) is 3.67. The third-order valence-electron chi connectivity index (χ3n) is 2.43. The zero-order chi connectivity index (χ0) is 9.97. The number of aromatic nitrogens is 1. The van der Waals surface area contributed by atoms with Gasteiger partial charge in [-0.15, -0.1) is 0 Å². The minimum atomic E-state index is -0.0566. The predicted molar refractivity (Wildman–Crippen MR) is 54.4 cm³/mol. The van der Waals surface area contributed by atoms with E-state index >= 15 is 0 Å². The maximum atomic E-state index is 11.6. The van der Waals surface area contributed by atoms with Crippen LogP contribution in [0.4, 0.5) is 0 Å². The van der Waals surface area contributed by atoms with Crippen molar-refractivity contribution in [2.24, 2.45) is 0 Å². The summed E-state index contributed by atoms with van der Waals surface area (Å²) >= 11 is 5.62. The highest BCUT2D eigenvalue weighted by atomic mass is 35.5. The lowest BCUT2D eigenvalue weighted by molar-refractivity contribution is 0.0916. The summed E-state index contributed by atoms with van der Waals surface area (Å²) in [5, 5.41) is 3.34. The Labute approximate surface area is 87.5 Å². The summed E-state index contributed by atoms with van der Waals surface area (Å²) in [7, 11) is 0. The highest BCUT2D eigenvalue weighted by molar-refractivity contribution is 6.29. The highest BCUT2D eigenvalue weighted by Crippen LogP contribution is 2.18. The largest absolute Gasteiger partial charge is 0.349 e. The van der Waals surface area contributed by atoms with Gasteiger partial charge in [-0.2, -0.15) is 0 Å². The van der Waals surface area contributed by atoms with Crippen molar-refractivity contribution < 1.29 is 4.79 Å². The Balaban J connectivity index is 1.99. The average molecular weight is 211 g/mol. The van der Waals surface area contributed by atoms with Crippen molar-refractivity contribution in [3.63, 3.8) is 0 Å². The summed E-state index contributed by atoms with van der Waals surface area (Å²) in [5.41, 5.74) is 0.571. The summed E-state index contributed by atoms with van der Waals surface area (Å²) < 4.78 is 0. The molecule has 0 aliphatic heterocycles. The zero-order valence-corrected chi connectivity index (χ0v) is 8.42. The predicted octanol–water partition coefficient (Wildman–Crippen LogP) is 2.02. The van der Waals surface area contributed by atoms with Crippen LogP contribution in [0, 0.1) is 0 Å². The van der Waals surface area contributed by atoms with Crippen molar-refractivity contribution in [3.8, 4) is 0 Å². The van der Waals surface area contributed by atoms with Gasteiger partial charge in [0.15, 0.2) is 0 Å². The molecule has 3 nitrogen and oxygen atoms in total. The fourth-order valence-corrected chi connectivity index (χ4v) is 1.44. The van der Waals surface area contributed by atoms with E-state index in [-0.39, 0.29) is 5.91 Å². The van der Waals surface area contributed by atoms with Gasteiger partial charge in [-0.05, 0) is 31.4 Å². The molecule has 1 heterocycles. The second-order valence-electron chi connectivity index (χ2n) is 3.47. The molecule has 74 valence electrons. The monoisotopic (exact) mass is 210 g/mol. The molecule has 0 atom stereocenters. The number of hydrogen-bond acceptors (Lipinski definition) is 2. The molecule has 1 aliphatic carbocycles. The van der Waals surface area contributed by atoms with Crippen LogP contribution < -0.4 is 5.32 Å². The lowest BCUT2D eigenvalue weighted by atomic mass is 9.93. The molecular formula is C10H11ClN2O. The first-order valence-corrected chi connectivity index (χ1v) is 5.06. The molecule has 1 aliphatic rings. The Morgan fingerprint density at radius 3 is 2.79 bits per heavy atom. The van der Waals surface area contributed by atoms with Crippen molar-refractivity contribution in [2.75, 3.05) is 0 Å². The minimum Gasteiger partial charge on any atom is -0.349 e. The summed E-state index contributed by atoms with van der Waals surface area (Å²) in [6.07, 6.45) is 4.89. The number of nitrogens with zero attached hydrogens (tertiary/aromatic N) is 1. The molecule has 1 N–H and O–H groups in total. The molecule has 0 bridgehead atoms. The summed E-state index contributed by atoms with van der Waals surface area (Å²) in [6.45, 7) is 0. The van der Waals surface area contributed by atoms with Gasteiger partial charge in [0.1, 0.15) is 5.15 Å². The van der Waals surface area contributed by atoms with Crippen LogP contribution in [0.25, 0.3) is 0 Å². The number of rotatable bonds is 2. The van der Waals surface area contributed by atoms with Gasteiger partial charge in [0.05, 0.1) is 5.56 Å². The van der Waals surface area contributed by atoms with E-state index in [1.807, 2.05) is 0 Å². The number of halogens is 1. The van der Waals surface area contributed by atoms with E-state index in [0.717, 1.165) is 12.8 Å². The molecule has 1 saturated carbocycles. The molecule has 1 amide bonds. The van der Waals surface area contributed by atoms with E-state index in [9.17, 15) is 4.79 Å². The summed E-state index contributed by atoms with van der Waals surface area (Å²) in [5.74, 6) is -0.0566. The third kappa shape index (κ3) is 2.04. The molecular weight excluding hydrogens is 200 g/mol. The van der Waals surface area contributed by atoms with Gasteiger partial charge in [0.2, 0.25) is 0 Å². The topological polar surface area (TPSA) is 42.0 Å². The number of nitrogens with one attached hydrogen (secondary N) is 1. The molecule has 4 heteroatoms. The molecule has 1 aromatic rings. The third-order valence-corrected chi connectivity index (χ3v) is 2.65. The van der Waals surface area contributed by atoms with Crippen molar-refractivity contribution in [1.29, 1.82) is 0 Å². The highest BCUT2D eigenvalue weighted by Gasteiger charge is 2.19. The fraction of sp³-hybridized carbons (Fsp3) is 0.400. The number of hydrogen-bond donors (Lipinski definition) is 1. The minimum absolute atomic E-state index is 0.0566. The van der Waals surface area contributed by atoms with Gasteiger partial charge in [-0.3, -0.25) is 4.79 Å². The van der Waals surface area contributed by atoms with Crippen molar-refractivity contribution >= 4 is 17.5 Å². The van der Waals surface area contributed by atoms with E-state index < -0.39 is 0 Å². The normalized spacial score (nSPS) is 16.1. The van der Waals surface area contributed by atoms with E-state index in [2.05, 4.69) is 10.3 Å². The Kier molecular flexibility index (Phi) is 2.68. The van der Waals surface area contributed by atoms with Gasteiger partial charge < -0.3 is 5.32 Å². The number of carbonyl (C=O) groups is 1. The molecule has 0 saturated heterocycles. The molecule has 0 radical (unpaired) electrons. The molecule has 14 heavy (non-hydrogen) atoms. The van der Waals surface area contributed by atoms with Crippen LogP contribution in [0.3, 0.4) is 0 Å².